The largest absolute Gasteiger partial charge is 0.496 e. The van der Waals surface area contributed by atoms with Crippen molar-refractivity contribution in [1.29, 1.82) is 0 Å². The summed E-state index contributed by atoms with van der Waals surface area (Å²) >= 11 is 17.6. The maximum absolute atomic E-state index is 6.27. The number of ether oxygens (including phenoxy) is 2. The van der Waals surface area contributed by atoms with E-state index in [1.807, 2.05) is 17.5 Å². The molecular formula is C13H11BrCl2O2S. The number of hydrogen-bond donors (Lipinski definition) is 0. The topological polar surface area (TPSA) is 18.5 Å². The second kappa shape index (κ2) is 6.35. The molecule has 0 aliphatic rings. The number of hydrogen-bond acceptors (Lipinski definition) is 3. The van der Waals surface area contributed by atoms with Gasteiger partial charge in [-0.1, -0.05) is 39.1 Å². The van der Waals surface area contributed by atoms with E-state index in [1.54, 1.807) is 31.6 Å². The van der Waals surface area contributed by atoms with E-state index in [0.717, 1.165) is 16.2 Å². The smallest absolute Gasteiger partial charge is 0.138 e. The van der Waals surface area contributed by atoms with Crippen molar-refractivity contribution in [3.8, 4) is 11.5 Å². The van der Waals surface area contributed by atoms with Crippen LogP contribution in [0, 0.1) is 0 Å². The highest BCUT2D eigenvalue weighted by Gasteiger charge is 2.18. The van der Waals surface area contributed by atoms with Crippen molar-refractivity contribution in [2.24, 2.45) is 0 Å². The maximum Gasteiger partial charge on any atom is 0.138 e. The van der Waals surface area contributed by atoms with Gasteiger partial charge in [-0.3, -0.25) is 0 Å². The lowest BCUT2D eigenvalue weighted by molar-refractivity contribution is 0.415. The Bertz CT molecular complexity index is 586. The van der Waals surface area contributed by atoms with Crippen LogP contribution in [-0.4, -0.2) is 14.2 Å². The molecule has 0 spiro atoms. The van der Waals surface area contributed by atoms with Gasteiger partial charge in [0, 0.05) is 21.3 Å². The molecule has 0 fully saturated rings. The van der Waals surface area contributed by atoms with Crippen LogP contribution in [0.1, 0.15) is 15.3 Å². The van der Waals surface area contributed by atoms with Crippen molar-refractivity contribution < 1.29 is 9.47 Å². The van der Waals surface area contributed by atoms with Crippen molar-refractivity contribution in [3.63, 3.8) is 0 Å². The van der Waals surface area contributed by atoms with Crippen LogP contribution in [0.3, 0.4) is 0 Å². The van der Waals surface area contributed by atoms with E-state index < -0.39 is 0 Å². The van der Waals surface area contributed by atoms with Crippen molar-refractivity contribution >= 4 is 50.5 Å². The van der Waals surface area contributed by atoms with Gasteiger partial charge in [0.25, 0.3) is 0 Å². The summed E-state index contributed by atoms with van der Waals surface area (Å²) in [6.07, 6.45) is 0. The fraction of sp³-hybridized carbons (Fsp3) is 0.231. The van der Waals surface area contributed by atoms with Crippen LogP contribution in [0.25, 0.3) is 0 Å². The molecule has 19 heavy (non-hydrogen) atoms. The molecule has 0 saturated carbocycles. The third-order valence-electron chi connectivity index (χ3n) is 2.63. The number of methoxy groups -OCH3 is 2. The third-order valence-corrected chi connectivity index (χ3v) is 5.51. The van der Waals surface area contributed by atoms with E-state index in [0.29, 0.717) is 15.8 Å². The van der Waals surface area contributed by atoms with Crippen LogP contribution in [0.15, 0.2) is 23.6 Å². The average Bonchev–Trinajstić information content (AvgIpc) is 2.89. The molecule has 2 aromatic rings. The molecule has 2 nitrogen and oxygen atoms in total. The molecule has 0 N–H and O–H groups in total. The molecule has 6 heteroatoms. The number of halogens is 3. The highest BCUT2D eigenvalue weighted by Crippen LogP contribution is 2.42. The monoisotopic (exact) mass is 380 g/mol. The van der Waals surface area contributed by atoms with E-state index in [9.17, 15) is 0 Å². The zero-order valence-corrected chi connectivity index (χ0v) is 14.2. The lowest BCUT2D eigenvalue weighted by atomic mass is 10.1. The molecule has 1 aromatic heterocycles. The normalized spacial score (nSPS) is 12.3. The fourth-order valence-corrected chi connectivity index (χ4v) is 3.95. The highest BCUT2D eigenvalue weighted by atomic mass is 79.9. The van der Waals surface area contributed by atoms with E-state index >= 15 is 0 Å². The van der Waals surface area contributed by atoms with Crippen LogP contribution >= 0.6 is 50.5 Å². The Morgan fingerprint density at radius 1 is 1.11 bits per heavy atom. The lowest BCUT2D eigenvalue weighted by Crippen LogP contribution is -1.93. The number of benzene rings is 1. The quantitative estimate of drug-likeness (QED) is 0.645. The van der Waals surface area contributed by atoms with Crippen molar-refractivity contribution in [3.05, 3.63) is 44.1 Å². The van der Waals surface area contributed by atoms with Gasteiger partial charge in [-0.05, 0) is 17.7 Å². The number of rotatable bonds is 4. The Kier molecular flexibility index (Phi) is 5.01. The molecule has 0 radical (unpaired) electrons. The first kappa shape index (κ1) is 15.0. The van der Waals surface area contributed by atoms with Crippen LogP contribution in [0.5, 0.6) is 11.5 Å². The zero-order valence-electron chi connectivity index (χ0n) is 10.2. The summed E-state index contributed by atoms with van der Waals surface area (Å²) in [6, 6.07) is 5.51. The van der Waals surface area contributed by atoms with E-state index in [1.165, 1.54) is 0 Å². The summed E-state index contributed by atoms with van der Waals surface area (Å²) in [5, 5.41) is 3.09. The first-order chi connectivity index (χ1) is 9.06. The summed E-state index contributed by atoms with van der Waals surface area (Å²) < 4.78 is 10.3. The van der Waals surface area contributed by atoms with E-state index in [4.69, 9.17) is 32.7 Å². The maximum atomic E-state index is 6.27. The van der Waals surface area contributed by atoms with Gasteiger partial charge in [0.15, 0.2) is 0 Å². The SMILES string of the molecule is COc1csc(C(Br)c2cc(Cl)c(OC)cc2Cl)c1. The molecule has 0 bridgehead atoms. The van der Waals surface area contributed by atoms with Crippen molar-refractivity contribution in [2.45, 2.75) is 4.83 Å². The Hall–Kier alpha value is -0.420. The lowest BCUT2D eigenvalue weighted by Gasteiger charge is -2.13. The van der Waals surface area contributed by atoms with Crippen LogP contribution < -0.4 is 9.47 Å². The summed E-state index contributed by atoms with van der Waals surface area (Å²) in [6.45, 7) is 0. The fourth-order valence-electron chi connectivity index (χ4n) is 1.62. The third kappa shape index (κ3) is 3.19. The molecule has 2 rings (SSSR count). The second-order valence-electron chi connectivity index (χ2n) is 3.76. The van der Waals surface area contributed by atoms with E-state index in [2.05, 4.69) is 15.9 Å². The molecule has 1 aromatic carbocycles. The van der Waals surface area contributed by atoms with Gasteiger partial charge >= 0.3 is 0 Å². The van der Waals surface area contributed by atoms with Crippen molar-refractivity contribution in [2.75, 3.05) is 14.2 Å². The molecule has 1 heterocycles. The molecule has 0 aliphatic heterocycles. The summed E-state index contributed by atoms with van der Waals surface area (Å²) in [5.74, 6) is 1.40. The molecule has 1 unspecified atom stereocenters. The number of alkyl halides is 1. The van der Waals surface area contributed by atoms with Gasteiger partial charge in [-0.25, -0.2) is 0 Å². The van der Waals surface area contributed by atoms with Gasteiger partial charge in [0.05, 0.1) is 24.1 Å². The van der Waals surface area contributed by atoms with Crippen LogP contribution in [0.2, 0.25) is 10.0 Å². The second-order valence-corrected chi connectivity index (χ2v) is 6.43. The van der Waals surface area contributed by atoms with Gasteiger partial charge in [0.1, 0.15) is 11.5 Å². The molecule has 0 saturated heterocycles. The van der Waals surface area contributed by atoms with Crippen LogP contribution in [-0.2, 0) is 0 Å². The Morgan fingerprint density at radius 2 is 1.84 bits per heavy atom. The zero-order chi connectivity index (χ0) is 14.0. The average molecular weight is 382 g/mol. The van der Waals surface area contributed by atoms with Gasteiger partial charge < -0.3 is 9.47 Å². The minimum Gasteiger partial charge on any atom is -0.496 e. The standard InChI is InChI=1S/C13H11BrCl2O2S/c1-17-7-3-12(19-6-7)13(14)8-4-10(16)11(18-2)5-9(8)15/h3-6,13H,1-2H3. The summed E-state index contributed by atoms with van der Waals surface area (Å²) in [4.78, 5) is 1.07. The first-order valence-electron chi connectivity index (χ1n) is 5.36. The predicted octanol–water partition coefficient (Wildman–Crippen LogP) is 5.56. The predicted molar refractivity (Wildman–Crippen MR) is 84.7 cm³/mol. The minimum absolute atomic E-state index is 0.0303. The van der Waals surface area contributed by atoms with Gasteiger partial charge in [-0.2, -0.15) is 0 Å². The Morgan fingerprint density at radius 3 is 2.42 bits per heavy atom. The van der Waals surface area contributed by atoms with Crippen LogP contribution in [0.4, 0.5) is 0 Å². The van der Waals surface area contributed by atoms with E-state index in [-0.39, 0.29) is 4.83 Å². The van der Waals surface area contributed by atoms with Gasteiger partial charge in [-0.15, -0.1) is 11.3 Å². The molecule has 0 amide bonds. The summed E-state index contributed by atoms with van der Waals surface area (Å²) in [7, 11) is 3.21. The summed E-state index contributed by atoms with van der Waals surface area (Å²) in [5.41, 5.74) is 0.900. The number of thiophene rings is 1. The molecule has 0 aliphatic carbocycles. The Balaban J connectivity index is 2.38. The van der Waals surface area contributed by atoms with Gasteiger partial charge in [0.2, 0.25) is 0 Å². The molecular weight excluding hydrogens is 371 g/mol. The Labute approximate surface area is 134 Å². The molecule has 102 valence electrons. The minimum atomic E-state index is -0.0303. The molecule has 1 atom stereocenters. The first-order valence-corrected chi connectivity index (χ1v) is 7.91. The highest BCUT2D eigenvalue weighted by molar-refractivity contribution is 9.09. The van der Waals surface area contributed by atoms with Crippen molar-refractivity contribution in [1.82, 2.24) is 0 Å².